The standard InChI is InChI=1S/C12H13F2N3O/c1-7(3-4-15)17(2)12(18)9-5-8(13)6-10(16)11(9)14/h5-7H,3,16H2,1-2H3. The van der Waals surface area contributed by atoms with Gasteiger partial charge in [0, 0.05) is 13.1 Å². The number of nitriles is 1. The number of benzene rings is 1. The molecule has 1 atom stereocenters. The van der Waals surface area contributed by atoms with E-state index >= 15 is 0 Å². The monoisotopic (exact) mass is 253 g/mol. The summed E-state index contributed by atoms with van der Waals surface area (Å²) < 4.78 is 26.7. The van der Waals surface area contributed by atoms with E-state index in [-0.39, 0.29) is 6.42 Å². The quantitative estimate of drug-likeness (QED) is 0.836. The van der Waals surface area contributed by atoms with Crippen molar-refractivity contribution in [2.45, 2.75) is 19.4 Å². The number of carbonyl (C=O) groups excluding carboxylic acids is 1. The third-order valence-electron chi connectivity index (χ3n) is 2.66. The van der Waals surface area contributed by atoms with Crippen molar-refractivity contribution < 1.29 is 13.6 Å². The Morgan fingerprint density at radius 2 is 2.17 bits per heavy atom. The number of anilines is 1. The van der Waals surface area contributed by atoms with E-state index < -0.39 is 34.8 Å². The van der Waals surface area contributed by atoms with Gasteiger partial charge in [-0.15, -0.1) is 0 Å². The molecule has 0 saturated carbocycles. The average molecular weight is 253 g/mol. The Balaban J connectivity index is 3.08. The summed E-state index contributed by atoms with van der Waals surface area (Å²) in [5.41, 5.74) is 4.41. The second-order valence-electron chi connectivity index (χ2n) is 3.98. The molecule has 0 radical (unpaired) electrons. The molecule has 0 bridgehead atoms. The van der Waals surface area contributed by atoms with Crippen LogP contribution in [0.4, 0.5) is 14.5 Å². The van der Waals surface area contributed by atoms with Crippen molar-refractivity contribution in [2.24, 2.45) is 0 Å². The molecule has 0 fully saturated rings. The highest BCUT2D eigenvalue weighted by Gasteiger charge is 2.22. The Morgan fingerprint density at radius 3 is 2.72 bits per heavy atom. The van der Waals surface area contributed by atoms with Crippen molar-refractivity contribution in [1.29, 1.82) is 5.26 Å². The minimum absolute atomic E-state index is 0.106. The molecule has 0 heterocycles. The van der Waals surface area contributed by atoms with Crippen molar-refractivity contribution in [3.63, 3.8) is 0 Å². The highest BCUT2D eigenvalue weighted by molar-refractivity contribution is 5.95. The predicted octanol–water partition coefficient (Wildman–Crippen LogP) is 1.92. The number of halogens is 2. The molecule has 0 aliphatic heterocycles. The number of hydrogen-bond acceptors (Lipinski definition) is 3. The second-order valence-corrected chi connectivity index (χ2v) is 3.98. The van der Waals surface area contributed by atoms with Crippen LogP contribution in [-0.4, -0.2) is 23.9 Å². The van der Waals surface area contributed by atoms with Crippen LogP contribution in [0.2, 0.25) is 0 Å². The first-order valence-electron chi connectivity index (χ1n) is 5.27. The van der Waals surface area contributed by atoms with E-state index in [9.17, 15) is 13.6 Å². The number of rotatable bonds is 3. The molecule has 1 aromatic carbocycles. The summed E-state index contributed by atoms with van der Waals surface area (Å²) in [7, 11) is 1.42. The van der Waals surface area contributed by atoms with Crippen molar-refractivity contribution in [3.05, 3.63) is 29.3 Å². The van der Waals surface area contributed by atoms with Crippen molar-refractivity contribution in [1.82, 2.24) is 4.90 Å². The molecule has 96 valence electrons. The molecule has 1 amide bonds. The van der Waals surface area contributed by atoms with Crippen LogP contribution < -0.4 is 5.73 Å². The maximum atomic E-state index is 13.6. The molecule has 6 heteroatoms. The normalized spacial score (nSPS) is 11.7. The third-order valence-corrected chi connectivity index (χ3v) is 2.66. The number of nitrogen functional groups attached to an aromatic ring is 1. The van der Waals surface area contributed by atoms with Crippen molar-refractivity contribution in [2.75, 3.05) is 12.8 Å². The molecule has 4 nitrogen and oxygen atoms in total. The summed E-state index contributed by atoms with van der Waals surface area (Å²) >= 11 is 0. The fourth-order valence-corrected chi connectivity index (χ4v) is 1.43. The van der Waals surface area contributed by atoms with Crippen LogP contribution in [0.15, 0.2) is 12.1 Å². The zero-order valence-electron chi connectivity index (χ0n) is 10.1. The van der Waals surface area contributed by atoms with Gasteiger partial charge in [0.05, 0.1) is 23.7 Å². The van der Waals surface area contributed by atoms with E-state index in [4.69, 9.17) is 11.0 Å². The first-order valence-corrected chi connectivity index (χ1v) is 5.27. The van der Waals surface area contributed by atoms with E-state index in [0.717, 1.165) is 12.1 Å². The van der Waals surface area contributed by atoms with Crippen LogP contribution in [0.25, 0.3) is 0 Å². The van der Waals surface area contributed by atoms with Gasteiger partial charge in [0.25, 0.3) is 5.91 Å². The number of nitrogens with two attached hydrogens (primary N) is 1. The van der Waals surface area contributed by atoms with E-state index in [2.05, 4.69) is 0 Å². The van der Waals surface area contributed by atoms with Crippen LogP contribution in [-0.2, 0) is 0 Å². The Kier molecular flexibility index (Phi) is 4.21. The van der Waals surface area contributed by atoms with Gasteiger partial charge in [-0.05, 0) is 19.1 Å². The topological polar surface area (TPSA) is 70.1 Å². The zero-order chi connectivity index (χ0) is 13.9. The molecule has 0 aliphatic carbocycles. The summed E-state index contributed by atoms with van der Waals surface area (Å²) in [5.74, 6) is -2.43. The van der Waals surface area contributed by atoms with E-state index in [1.54, 1.807) is 6.92 Å². The van der Waals surface area contributed by atoms with Crippen LogP contribution in [0.3, 0.4) is 0 Å². The van der Waals surface area contributed by atoms with Crippen molar-refractivity contribution in [3.8, 4) is 6.07 Å². The van der Waals surface area contributed by atoms with Gasteiger partial charge in [0.1, 0.15) is 5.82 Å². The summed E-state index contributed by atoms with van der Waals surface area (Å²) in [6, 6.07) is 3.11. The SMILES string of the molecule is CC(CC#N)N(C)C(=O)c1cc(F)cc(N)c1F. The minimum atomic E-state index is -0.947. The smallest absolute Gasteiger partial charge is 0.257 e. The third kappa shape index (κ3) is 2.74. The van der Waals surface area contributed by atoms with Gasteiger partial charge in [-0.1, -0.05) is 0 Å². The molecule has 1 rings (SSSR count). The Morgan fingerprint density at radius 1 is 1.56 bits per heavy atom. The lowest BCUT2D eigenvalue weighted by Crippen LogP contribution is -2.35. The Labute approximate surface area is 104 Å². The summed E-state index contributed by atoms with van der Waals surface area (Å²) in [5, 5.41) is 8.54. The zero-order valence-corrected chi connectivity index (χ0v) is 10.1. The van der Waals surface area contributed by atoms with Gasteiger partial charge in [-0.3, -0.25) is 4.79 Å². The summed E-state index contributed by atoms with van der Waals surface area (Å²) in [4.78, 5) is 13.1. The first-order chi connectivity index (χ1) is 8.38. The molecule has 1 unspecified atom stereocenters. The minimum Gasteiger partial charge on any atom is -0.396 e. The van der Waals surface area contributed by atoms with Crippen molar-refractivity contribution >= 4 is 11.6 Å². The van der Waals surface area contributed by atoms with Gasteiger partial charge in [-0.2, -0.15) is 5.26 Å². The lowest BCUT2D eigenvalue weighted by molar-refractivity contribution is 0.0741. The maximum Gasteiger partial charge on any atom is 0.257 e. The second kappa shape index (κ2) is 5.45. The number of carbonyl (C=O) groups is 1. The predicted molar refractivity (Wildman–Crippen MR) is 62.6 cm³/mol. The highest BCUT2D eigenvalue weighted by atomic mass is 19.1. The van der Waals surface area contributed by atoms with Gasteiger partial charge in [0.15, 0.2) is 5.82 Å². The molecule has 0 aromatic heterocycles. The Bertz CT molecular complexity index is 511. The molecule has 18 heavy (non-hydrogen) atoms. The molecule has 1 aromatic rings. The molecular weight excluding hydrogens is 240 g/mol. The molecule has 0 aliphatic rings. The summed E-state index contributed by atoms with van der Waals surface area (Å²) in [6.07, 6.45) is 0.106. The molecule has 0 spiro atoms. The lowest BCUT2D eigenvalue weighted by atomic mass is 10.1. The van der Waals surface area contributed by atoms with E-state index in [0.29, 0.717) is 0 Å². The maximum absolute atomic E-state index is 13.6. The van der Waals surface area contributed by atoms with E-state index in [1.807, 2.05) is 6.07 Å². The van der Waals surface area contributed by atoms with Gasteiger partial charge >= 0.3 is 0 Å². The first kappa shape index (κ1) is 13.9. The summed E-state index contributed by atoms with van der Waals surface area (Å²) in [6.45, 7) is 1.64. The van der Waals surface area contributed by atoms with Crippen LogP contribution in [0, 0.1) is 23.0 Å². The van der Waals surface area contributed by atoms with Gasteiger partial charge in [0.2, 0.25) is 0 Å². The van der Waals surface area contributed by atoms with Gasteiger partial charge < -0.3 is 10.6 Å². The number of hydrogen-bond donors (Lipinski definition) is 1. The fourth-order valence-electron chi connectivity index (χ4n) is 1.43. The molecule has 2 N–H and O–H groups in total. The van der Waals surface area contributed by atoms with E-state index in [1.165, 1.54) is 11.9 Å². The Hall–Kier alpha value is -2.16. The fraction of sp³-hybridized carbons (Fsp3) is 0.333. The number of amides is 1. The largest absolute Gasteiger partial charge is 0.396 e. The lowest BCUT2D eigenvalue weighted by Gasteiger charge is -2.23. The van der Waals surface area contributed by atoms with Gasteiger partial charge in [-0.25, -0.2) is 8.78 Å². The number of nitrogens with zero attached hydrogens (tertiary/aromatic N) is 2. The van der Waals surface area contributed by atoms with Crippen LogP contribution in [0.1, 0.15) is 23.7 Å². The highest BCUT2D eigenvalue weighted by Crippen LogP contribution is 2.19. The molecular formula is C12H13F2N3O. The van der Waals surface area contributed by atoms with Crippen LogP contribution in [0.5, 0.6) is 0 Å². The molecule has 0 saturated heterocycles. The van der Waals surface area contributed by atoms with Crippen LogP contribution >= 0.6 is 0 Å². The average Bonchev–Trinajstić information content (AvgIpc) is 2.32.